The van der Waals surface area contributed by atoms with Gasteiger partial charge in [0.15, 0.2) is 0 Å². The van der Waals surface area contributed by atoms with Crippen molar-refractivity contribution in [2.45, 2.75) is 25.6 Å². The average Bonchev–Trinajstić information content (AvgIpc) is 3.20. The lowest BCUT2D eigenvalue weighted by Gasteiger charge is -2.38. The van der Waals surface area contributed by atoms with Crippen molar-refractivity contribution in [3.63, 3.8) is 0 Å². The molecule has 0 saturated heterocycles. The van der Waals surface area contributed by atoms with Crippen LogP contribution in [0.2, 0.25) is 0 Å². The molecular weight excluding hydrogens is 348 g/mol. The number of benzene rings is 3. The van der Waals surface area contributed by atoms with E-state index in [1.165, 1.54) is 5.56 Å². The summed E-state index contributed by atoms with van der Waals surface area (Å²) in [5.74, 6) is 1.83. The molecule has 5 rings (SSSR count). The Hall–Kier alpha value is -3.27. The van der Waals surface area contributed by atoms with Crippen LogP contribution in [0, 0.1) is 0 Å². The van der Waals surface area contributed by atoms with Crippen LogP contribution in [0.4, 0.5) is 0 Å². The van der Waals surface area contributed by atoms with E-state index in [4.69, 9.17) is 14.6 Å². The Morgan fingerprint density at radius 1 is 0.964 bits per heavy atom. The molecular formula is C24H22N2O2. The summed E-state index contributed by atoms with van der Waals surface area (Å²) in [4.78, 5) is 0. The third-order valence-corrected chi connectivity index (χ3v) is 5.28. The molecule has 0 bridgehead atoms. The standard InChI is InChI=1S/C24H22N2O2/c1-2-27-19-14-12-17(13-15-19)21-16-22-20-10-6-7-11-23(20)28-24(26(22)25-21)18-8-4-3-5-9-18/h3-15,22,24H,2,16H2,1H3/t22-,24-/m1/s1. The highest BCUT2D eigenvalue weighted by molar-refractivity contribution is 6.02. The quantitative estimate of drug-likeness (QED) is 0.623. The number of hydrazone groups is 1. The van der Waals surface area contributed by atoms with Crippen LogP contribution in [0.25, 0.3) is 0 Å². The number of rotatable bonds is 4. The maximum atomic E-state index is 6.37. The Morgan fingerprint density at radius 3 is 2.50 bits per heavy atom. The average molecular weight is 370 g/mol. The molecule has 0 unspecified atom stereocenters. The Kier molecular flexibility index (Phi) is 4.24. The van der Waals surface area contributed by atoms with Crippen molar-refractivity contribution >= 4 is 5.71 Å². The minimum atomic E-state index is -0.221. The molecule has 3 aromatic rings. The van der Waals surface area contributed by atoms with Crippen LogP contribution in [-0.2, 0) is 0 Å². The molecule has 28 heavy (non-hydrogen) atoms. The van der Waals surface area contributed by atoms with Crippen molar-refractivity contribution in [1.82, 2.24) is 5.01 Å². The minimum absolute atomic E-state index is 0.178. The molecule has 0 radical (unpaired) electrons. The third kappa shape index (κ3) is 2.91. The largest absolute Gasteiger partial charge is 0.494 e. The smallest absolute Gasteiger partial charge is 0.213 e. The van der Waals surface area contributed by atoms with Gasteiger partial charge in [-0.15, -0.1) is 0 Å². The molecule has 2 heterocycles. The van der Waals surface area contributed by atoms with Gasteiger partial charge in [0.1, 0.15) is 11.5 Å². The molecule has 4 heteroatoms. The molecule has 4 nitrogen and oxygen atoms in total. The molecule has 0 aliphatic carbocycles. The lowest BCUT2D eigenvalue weighted by atomic mass is 9.96. The van der Waals surface area contributed by atoms with Crippen LogP contribution in [-0.4, -0.2) is 17.3 Å². The fourth-order valence-corrected chi connectivity index (χ4v) is 3.96. The molecule has 2 aliphatic rings. The molecule has 140 valence electrons. The van der Waals surface area contributed by atoms with Gasteiger partial charge >= 0.3 is 0 Å². The summed E-state index contributed by atoms with van der Waals surface area (Å²) in [6, 6.07) is 27.0. The Bertz CT molecular complexity index is 999. The number of hydrogen-bond acceptors (Lipinski definition) is 4. The van der Waals surface area contributed by atoms with Crippen LogP contribution < -0.4 is 9.47 Å². The second-order valence-corrected chi connectivity index (χ2v) is 7.02. The van der Waals surface area contributed by atoms with E-state index >= 15 is 0 Å². The highest BCUT2D eigenvalue weighted by atomic mass is 16.5. The van der Waals surface area contributed by atoms with Crippen molar-refractivity contribution in [3.8, 4) is 11.5 Å². The van der Waals surface area contributed by atoms with Crippen LogP contribution >= 0.6 is 0 Å². The van der Waals surface area contributed by atoms with Gasteiger partial charge in [-0.3, -0.25) is 0 Å². The minimum Gasteiger partial charge on any atom is -0.494 e. The summed E-state index contributed by atoms with van der Waals surface area (Å²) in [6.07, 6.45) is 0.638. The van der Waals surface area contributed by atoms with E-state index < -0.39 is 0 Å². The zero-order valence-corrected chi connectivity index (χ0v) is 15.8. The topological polar surface area (TPSA) is 34.1 Å². The van der Waals surface area contributed by atoms with Gasteiger partial charge in [0, 0.05) is 17.5 Å². The number of fused-ring (bicyclic) bond motifs is 3. The van der Waals surface area contributed by atoms with E-state index in [1.807, 2.05) is 43.3 Å². The van der Waals surface area contributed by atoms with E-state index in [0.717, 1.165) is 34.8 Å². The molecule has 0 amide bonds. The zero-order valence-electron chi connectivity index (χ0n) is 15.8. The Balaban J connectivity index is 1.53. The molecule has 0 aromatic heterocycles. The van der Waals surface area contributed by atoms with E-state index in [9.17, 15) is 0 Å². The first kappa shape index (κ1) is 16.9. The molecule has 3 aromatic carbocycles. The Labute approximate surface area is 165 Å². The lowest BCUT2D eigenvalue weighted by molar-refractivity contribution is -0.0190. The summed E-state index contributed by atoms with van der Waals surface area (Å²) in [5.41, 5.74) is 4.51. The van der Waals surface area contributed by atoms with Crippen molar-refractivity contribution in [3.05, 3.63) is 95.6 Å². The predicted octanol–water partition coefficient (Wildman–Crippen LogP) is 5.33. The molecule has 2 atom stereocenters. The van der Waals surface area contributed by atoms with Crippen LogP contribution in [0.3, 0.4) is 0 Å². The fraction of sp³-hybridized carbons (Fsp3) is 0.208. The van der Waals surface area contributed by atoms with Gasteiger partial charge in [0.05, 0.1) is 18.4 Å². The maximum Gasteiger partial charge on any atom is 0.213 e. The summed E-state index contributed by atoms with van der Waals surface area (Å²) in [5, 5.41) is 7.11. The van der Waals surface area contributed by atoms with Crippen LogP contribution in [0.5, 0.6) is 11.5 Å². The van der Waals surface area contributed by atoms with Gasteiger partial charge in [-0.1, -0.05) is 48.5 Å². The highest BCUT2D eigenvalue weighted by Gasteiger charge is 2.40. The highest BCUT2D eigenvalue weighted by Crippen LogP contribution is 2.47. The van der Waals surface area contributed by atoms with Gasteiger partial charge in [-0.2, -0.15) is 5.10 Å². The fourth-order valence-electron chi connectivity index (χ4n) is 3.96. The molecule has 0 spiro atoms. The summed E-state index contributed by atoms with van der Waals surface area (Å²) >= 11 is 0. The molecule has 2 aliphatic heterocycles. The summed E-state index contributed by atoms with van der Waals surface area (Å²) in [7, 11) is 0. The van der Waals surface area contributed by atoms with Crippen molar-refractivity contribution in [2.75, 3.05) is 6.61 Å². The van der Waals surface area contributed by atoms with E-state index in [0.29, 0.717) is 6.61 Å². The molecule has 0 fully saturated rings. The predicted molar refractivity (Wildman–Crippen MR) is 110 cm³/mol. The first-order valence-corrected chi connectivity index (χ1v) is 9.73. The monoisotopic (exact) mass is 370 g/mol. The zero-order chi connectivity index (χ0) is 18.9. The third-order valence-electron chi connectivity index (χ3n) is 5.28. The van der Waals surface area contributed by atoms with Crippen LogP contribution in [0.1, 0.15) is 42.3 Å². The van der Waals surface area contributed by atoms with E-state index in [2.05, 4.69) is 47.5 Å². The number of para-hydroxylation sites is 1. The van der Waals surface area contributed by atoms with E-state index in [1.54, 1.807) is 0 Å². The number of nitrogens with zero attached hydrogens (tertiary/aromatic N) is 2. The van der Waals surface area contributed by atoms with Gasteiger partial charge < -0.3 is 9.47 Å². The normalized spacial score (nSPS) is 20.0. The van der Waals surface area contributed by atoms with Gasteiger partial charge in [0.2, 0.25) is 6.23 Å². The molecule has 0 N–H and O–H groups in total. The van der Waals surface area contributed by atoms with Crippen molar-refractivity contribution in [2.24, 2.45) is 5.10 Å². The van der Waals surface area contributed by atoms with Gasteiger partial charge in [-0.05, 0) is 42.8 Å². The number of ether oxygens (including phenoxy) is 2. The summed E-state index contributed by atoms with van der Waals surface area (Å²) in [6.45, 7) is 2.66. The Morgan fingerprint density at radius 2 is 1.71 bits per heavy atom. The lowest BCUT2D eigenvalue weighted by Crippen LogP contribution is -2.33. The SMILES string of the molecule is CCOc1ccc(C2=NN3[C@H](C2)c2ccccc2O[C@@H]3c2ccccc2)cc1. The van der Waals surface area contributed by atoms with Crippen molar-refractivity contribution < 1.29 is 9.47 Å². The van der Waals surface area contributed by atoms with Crippen LogP contribution in [0.15, 0.2) is 84.0 Å². The van der Waals surface area contributed by atoms with Gasteiger partial charge in [-0.25, -0.2) is 5.01 Å². The van der Waals surface area contributed by atoms with Crippen molar-refractivity contribution in [1.29, 1.82) is 0 Å². The molecule has 0 saturated carbocycles. The van der Waals surface area contributed by atoms with E-state index in [-0.39, 0.29) is 12.3 Å². The second-order valence-electron chi connectivity index (χ2n) is 7.02. The first-order valence-electron chi connectivity index (χ1n) is 9.73. The van der Waals surface area contributed by atoms with Gasteiger partial charge in [0.25, 0.3) is 0 Å². The second kappa shape index (κ2) is 7.04. The summed E-state index contributed by atoms with van der Waals surface area (Å²) < 4.78 is 11.9. The maximum absolute atomic E-state index is 6.37. The number of hydrogen-bond donors (Lipinski definition) is 0. The first-order chi connectivity index (χ1) is 13.8.